The quantitative estimate of drug-likeness (QED) is 0.619. The molecule has 0 amide bonds. The van der Waals surface area contributed by atoms with E-state index in [1.807, 2.05) is 30.3 Å². The summed E-state index contributed by atoms with van der Waals surface area (Å²) in [7, 11) is 0. The van der Waals surface area contributed by atoms with Crippen LogP contribution >= 0.6 is 0 Å². The second-order valence-electron chi connectivity index (χ2n) is 5.49. The largest absolute Gasteiger partial charge is 0.459 e. The number of hydrogen-bond donors (Lipinski definition) is 0. The Morgan fingerprint density at radius 2 is 2.00 bits per heavy atom. The van der Waals surface area contributed by atoms with E-state index in [1.165, 1.54) is 0 Å². The molecule has 2 saturated heterocycles. The number of carbonyl (C=O) groups excluding carboxylic acids is 1. The van der Waals surface area contributed by atoms with E-state index in [4.69, 9.17) is 18.9 Å². The molecule has 0 aliphatic carbocycles. The predicted molar refractivity (Wildman–Crippen MR) is 69.8 cm³/mol. The summed E-state index contributed by atoms with van der Waals surface area (Å²) in [6.07, 6.45) is -1.17. The maximum atomic E-state index is 12.2. The van der Waals surface area contributed by atoms with E-state index in [9.17, 15) is 4.79 Å². The molecule has 1 aromatic rings. The van der Waals surface area contributed by atoms with Crippen LogP contribution in [0, 0.1) is 0 Å². The number of rotatable bonds is 4. The monoisotopic (exact) mass is 278 g/mol. The maximum Gasteiger partial charge on any atom is 0.338 e. The molecule has 2 fully saturated rings. The number of esters is 1. The second-order valence-corrected chi connectivity index (χ2v) is 5.49. The molecule has 0 bridgehead atoms. The molecule has 0 saturated carbocycles. The first-order valence-corrected chi connectivity index (χ1v) is 6.73. The van der Waals surface area contributed by atoms with Gasteiger partial charge in [-0.3, -0.25) is 0 Å². The fourth-order valence-corrected chi connectivity index (χ4v) is 2.30. The van der Waals surface area contributed by atoms with Gasteiger partial charge in [0.15, 0.2) is 11.9 Å². The average Bonchev–Trinajstić information content (AvgIpc) is 3.21. The van der Waals surface area contributed by atoms with Gasteiger partial charge in [-0.2, -0.15) is 0 Å². The lowest BCUT2D eigenvalue weighted by atomic mass is 10.1. The summed E-state index contributed by atoms with van der Waals surface area (Å²) in [5, 5.41) is 0. The van der Waals surface area contributed by atoms with Crippen LogP contribution in [0.15, 0.2) is 30.3 Å². The van der Waals surface area contributed by atoms with Crippen LogP contribution < -0.4 is 0 Å². The molecule has 3 atom stereocenters. The standard InChI is InChI=1S/C15H18O5/c1-15(2)19-12(11-9-17-11)13(20-15)14(16)18-8-10-6-4-3-5-7-10/h3-7,11-13H,8-9H2,1-2H3/t11-,12-,13-/m1/s1. The molecule has 0 spiro atoms. The lowest BCUT2D eigenvalue weighted by molar-refractivity contribution is -0.171. The number of benzene rings is 1. The van der Waals surface area contributed by atoms with Gasteiger partial charge in [0, 0.05) is 0 Å². The first-order valence-electron chi connectivity index (χ1n) is 6.73. The molecule has 108 valence electrons. The minimum Gasteiger partial charge on any atom is -0.459 e. The number of carbonyl (C=O) groups is 1. The van der Waals surface area contributed by atoms with Crippen molar-refractivity contribution in [3.8, 4) is 0 Å². The lowest BCUT2D eigenvalue weighted by Gasteiger charge is -2.16. The molecule has 0 unspecified atom stereocenters. The molecular weight excluding hydrogens is 260 g/mol. The summed E-state index contributed by atoms with van der Waals surface area (Å²) in [4.78, 5) is 12.2. The molecule has 0 aromatic heterocycles. The van der Waals surface area contributed by atoms with E-state index >= 15 is 0 Å². The Labute approximate surface area is 117 Å². The Morgan fingerprint density at radius 1 is 1.30 bits per heavy atom. The summed E-state index contributed by atoms with van der Waals surface area (Å²) in [6, 6.07) is 9.54. The van der Waals surface area contributed by atoms with Gasteiger partial charge in [0.25, 0.3) is 0 Å². The van der Waals surface area contributed by atoms with Crippen molar-refractivity contribution >= 4 is 5.97 Å². The number of epoxide rings is 1. The Hall–Kier alpha value is -1.43. The predicted octanol–water partition coefficient (Wildman–Crippen LogP) is 1.65. The van der Waals surface area contributed by atoms with Crippen molar-refractivity contribution in [3.63, 3.8) is 0 Å². The molecule has 1 aromatic carbocycles. The van der Waals surface area contributed by atoms with Crippen molar-refractivity contribution in [3.05, 3.63) is 35.9 Å². The topological polar surface area (TPSA) is 57.3 Å². The van der Waals surface area contributed by atoms with Crippen LogP contribution in [0.1, 0.15) is 19.4 Å². The van der Waals surface area contributed by atoms with E-state index in [-0.39, 0.29) is 18.8 Å². The highest BCUT2D eigenvalue weighted by Crippen LogP contribution is 2.35. The molecule has 2 aliphatic heterocycles. The Kier molecular flexibility index (Phi) is 3.50. The summed E-state index contributed by atoms with van der Waals surface area (Å²) in [6.45, 7) is 4.41. The van der Waals surface area contributed by atoms with Crippen molar-refractivity contribution < 1.29 is 23.7 Å². The van der Waals surface area contributed by atoms with Crippen molar-refractivity contribution in [2.75, 3.05) is 6.61 Å². The lowest BCUT2D eigenvalue weighted by Crippen LogP contribution is -2.36. The third-order valence-electron chi connectivity index (χ3n) is 3.31. The molecule has 20 heavy (non-hydrogen) atoms. The smallest absolute Gasteiger partial charge is 0.338 e. The average molecular weight is 278 g/mol. The highest BCUT2D eigenvalue weighted by atomic mass is 16.8. The summed E-state index contributed by atoms with van der Waals surface area (Å²) < 4.78 is 21.9. The minimum atomic E-state index is -0.785. The van der Waals surface area contributed by atoms with E-state index < -0.39 is 17.9 Å². The van der Waals surface area contributed by atoms with Gasteiger partial charge < -0.3 is 18.9 Å². The van der Waals surface area contributed by atoms with Gasteiger partial charge in [-0.25, -0.2) is 4.79 Å². The molecular formula is C15H18O5. The summed E-state index contributed by atoms with van der Waals surface area (Å²) in [5.41, 5.74) is 0.943. The fraction of sp³-hybridized carbons (Fsp3) is 0.533. The first kappa shape index (κ1) is 13.5. The zero-order valence-electron chi connectivity index (χ0n) is 11.6. The van der Waals surface area contributed by atoms with Crippen molar-refractivity contribution in [1.82, 2.24) is 0 Å². The summed E-state index contributed by atoms with van der Waals surface area (Å²) >= 11 is 0. The number of ether oxygens (including phenoxy) is 4. The Bertz CT molecular complexity index is 480. The summed E-state index contributed by atoms with van der Waals surface area (Å²) in [5.74, 6) is -1.19. The van der Waals surface area contributed by atoms with Gasteiger partial charge in [-0.15, -0.1) is 0 Å². The van der Waals surface area contributed by atoms with Crippen LogP contribution in [-0.4, -0.2) is 36.7 Å². The van der Waals surface area contributed by atoms with Gasteiger partial charge in [-0.1, -0.05) is 30.3 Å². The van der Waals surface area contributed by atoms with Gasteiger partial charge in [0.1, 0.15) is 18.8 Å². The maximum absolute atomic E-state index is 12.2. The van der Waals surface area contributed by atoms with Gasteiger partial charge in [0.05, 0.1) is 6.61 Å². The van der Waals surface area contributed by atoms with Crippen LogP contribution in [0.4, 0.5) is 0 Å². The molecule has 0 N–H and O–H groups in total. The number of hydrogen-bond acceptors (Lipinski definition) is 5. The van der Waals surface area contributed by atoms with Crippen molar-refractivity contribution in [2.45, 2.75) is 44.6 Å². The van der Waals surface area contributed by atoms with E-state index in [0.29, 0.717) is 6.61 Å². The fourth-order valence-electron chi connectivity index (χ4n) is 2.30. The van der Waals surface area contributed by atoms with E-state index in [2.05, 4.69) is 0 Å². The third kappa shape index (κ3) is 3.00. The van der Waals surface area contributed by atoms with Crippen molar-refractivity contribution in [1.29, 1.82) is 0 Å². The minimum absolute atomic E-state index is 0.0638. The SMILES string of the molecule is CC1(C)O[C@H]([C@H]2CO2)[C@H](C(=O)OCc2ccccc2)O1. The van der Waals surface area contributed by atoms with Crippen LogP contribution in [0.5, 0.6) is 0 Å². The Balaban J connectivity index is 1.61. The molecule has 5 nitrogen and oxygen atoms in total. The van der Waals surface area contributed by atoms with Gasteiger partial charge >= 0.3 is 5.97 Å². The third-order valence-corrected chi connectivity index (χ3v) is 3.31. The molecule has 2 heterocycles. The molecule has 5 heteroatoms. The van der Waals surface area contributed by atoms with Crippen LogP contribution in [0.25, 0.3) is 0 Å². The van der Waals surface area contributed by atoms with Crippen LogP contribution in [0.3, 0.4) is 0 Å². The van der Waals surface area contributed by atoms with Crippen LogP contribution in [0.2, 0.25) is 0 Å². The van der Waals surface area contributed by atoms with Crippen molar-refractivity contribution in [2.24, 2.45) is 0 Å². The Morgan fingerprint density at radius 3 is 2.65 bits per heavy atom. The molecule has 3 rings (SSSR count). The first-order chi connectivity index (χ1) is 9.55. The zero-order chi connectivity index (χ0) is 14.2. The van der Waals surface area contributed by atoms with E-state index in [0.717, 1.165) is 5.56 Å². The van der Waals surface area contributed by atoms with Gasteiger partial charge in [-0.05, 0) is 19.4 Å². The van der Waals surface area contributed by atoms with Gasteiger partial charge in [0.2, 0.25) is 0 Å². The second kappa shape index (κ2) is 5.16. The molecule has 2 aliphatic rings. The molecule has 0 radical (unpaired) electrons. The zero-order valence-corrected chi connectivity index (χ0v) is 11.6. The highest BCUT2D eigenvalue weighted by molar-refractivity contribution is 5.76. The normalized spacial score (nSPS) is 31.0. The van der Waals surface area contributed by atoms with Crippen LogP contribution in [-0.2, 0) is 30.3 Å². The highest BCUT2D eigenvalue weighted by Gasteiger charge is 2.53. The van der Waals surface area contributed by atoms with E-state index in [1.54, 1.807) is 13.8 Å².